The van der Waals surface area contributed by atoms with Crippen molar-refractivity contribution in [3.05, 3.63) is 101 Å². The van der Waals surface area contributed by atoms with E-state index in [0.29, 0.717) is 11.1 Å². The quantitative estimate of drug-likeness (QED) is 0.262. The maximum atomic E-state index is 12.9. The Morgan fingerprint density at radius 3 is 1.84 bits per heavy atom. The van der Waals surface area contributed by atoms with Gasteiger partial charge in [-0.1, -0.05) is 74.4 Å². The van der Waals surface area contributed by atoms with Crippen LogP contribution in [0.15, 0.2) is 78.9 Å². The molecule has 0 unspecified atom stereocenters. The molecule has 0 aromatic heterocycles. The normalized spacial score (nSPS) is 11.8. The zero-order chi connectivity index (χ0) is 26.8. The highest BCUT2D eigenvalue weighted by Gasteiger charge is 2.29. The standard InChI is InChI=1S/C30H30F3NO3/c1-2-3-4-5-6-27(24-11-13-25(14-12-24)29(37)34-20-19-28(35)36)23-9-7-21(8-10-23)22-15-17-26(18-16-22)30(31,32)33/h6-18H,2-5,19-20H2,1H3,(H,34,37)(H,35,36)/b27-6-. The van der Waals surface area contributed by atoms with E-state index in [1.54, 1.807) is 12.1 Å². The Hall–Kier alpha value is -3.87. The Morgan fingerprint density at radius 1 is 0.811 bits per heavy atom. The average Bonchev–Trinajstić information content (AvgIpc) is 2.88. The van der Waals surface area contributed by atoms with Crippen molar-refractivity contribution in [2.75, 3.05) is 6.54 Å². The lowest BCUT2D eigenvalue weighted by atomic mass is 9.93. The summed E-state index contributed by atoms with van der Waals surface area (Å²) in [6.45, 7) is 2.20. The fraction of sp³-hybridized carbons (Fsp3) is 0.267. The first-order valence-corrected chi connectivity index (χ1v) is 12.3. The van der Waals surface area contributed by atoms with Gasteiger partial charge in [-0.3, -0.25) is 9.59 Å². The van der Waals surface area contributed by atoms with E-state index in [-0.39, 0.29) is 18.9 Å². The maximum Gasteiger partial charge on any atom is 0.416 e. The van der Waals surface area contributed by atoms with Crippen LogP contribution >= 0.6 is 0 Å². The van der Waals surface area contributed by atoms with Crippen LogP contribution in [0.4, 0.5) is 13.2 Å². The number of halogens is 3. The third-order valence-corrected chi connectivity index (χ3v) is 5.98. The van der Waals surface area contributed by atoms with E-state index in [9.17, 15) is 22.8 Å². The molecular weight excluding hydrogens is 479 g/mol. The number of carbonyl (C=O) groups excluding carboxylic acids is 1. The number of carbonyl (C=O) groups is 2. The highest BCUT2D eigenvalue weighted by atomic mass is 19.4. The second-order valence-electron chi connectivity index (χ2n) is 8.74. The highest BCUT2D eigenvalue weighted by molar-refractivity contribution is 5.95. The molecule has 0 fully saturated rings. The van der Waals surface area contributed by atoms with Crippen LogP contribution in [0.5, 0.6) is 0 Å². The van der Waals surface area contributed by atoms with Crippen LogP contribution in [-0.2, 0) is 11.0 Å². The Morgan fingerprint density at radius 2 is 1.32 bits per heavy atom. The van der Waals surface area contributed by atoms with Gasteiger partial charge < -0.3 is 10.4 Å². The molecule has 37 heavy (non-hydrogen) atoms. The molecule has 0 heterocycles. The van der Waals surface area contributed by atoms with E-state index in [1.807, 2.05) is 36.4 Å². The third-order valence-electron chi connectivity index (χ3n) is 5.98. The Labute approximate surface area is 214 Å². The molecule has 3 rings (SSSR count). The molecule has 0 spiro atoms. The van der Waals surface area contributed by atoms with E-state index >= 15 is 0 Å². The fourth-order valence-corrected chi connectivity index (χ4v) is 3.92. The maximum absolute atomic E-state index is 12.9. The number of amides is 1. The third kappa shape index (κ3) is 8.07. The van der Waals surface area contributed by atoms with Crippen molar-refractivity contribution in [1.82, 2.24) is 5.32 Å². The minimum absolute atomic E-state index is 0.0593. The molecule has 0 saturated heterocycles. The van der Waals surface area contributed by atoms with Crippen LogP contribution in [0, 0.1) is 0 Å². The number of hydrogen-bond acceptors (Lipinski definition) is 2. The summed E-state index contributed by atoms with van der Waals surface area (Å²) in [5, 5.41) is 11.3. The zero-order valence-electron chi connectivity index (χ0n) is 20.6. The van der Waals surface area contributed by atoms with Gasteiger partial charge in [-0.15, -0.1) is 0 Å². The first kappa shape index (κ1) is 27.7. The summed E-state index contributed by atoms with van der Waals surface area (Å²) < 4.78 is 38.6. The van der Waals surface area contributed by atoms with Crippen molar-refractivity contribution in [3.8, 4) is 11.1 Å². The highest BCUT2D eigenvalue weighted by Crippen LogP contribution is 2.32. The first-order chi connectivity index (χ1) is 17.7. The molecule has 194 valence electrons. The topological polar surface area (TPSA) is 66.4 Å². The first-order valence-electron chi connectivity index (χ1n) is 12.3. The van der Waals surface area contributed by atoms with Crippen LogP contribution in [0.2, 0.25) is 0 Å². The van der Waals surface area contributed by atoms with Crippen molar-refractivity contribution in [1.29, 1.82) is 0 Å². The predicted molar refractivity (Wildman–Crippen MR) is 139 cm³/mol. The average molecular weight is 510 g/mol. The van der Waals surface area contributed by atoms with E-state index in [1.165, 1.54) is 12.1 Å². The summed E-state index contributed by atoms with van der Waals surface area (Å²) in [5.41, 5.74) is 4.18. The molecule has 0 aliphatic carbocycles. The lowest BCUT2D eigenvalue weighted by Gasteiger charge is -2.12. The van der Waals surface area contributed by atoms with Crippen LogP contribution in [0.1, 0.15) is 66.1 Å². The van der Waals surface area contributed by atoms with Crippen LogP contribution in [0.3, 0.4) is 0 Å². The van der Waals surface area contributed by atoms with Crippen LogP contribution < -0.4 is 5.32 Å². The summed E-state index contributed by atoms with van der Waals surface area (Å²) in [5.74, 6) is -1.31. The number of allylic oxidation sites excluding steroid dienone is 1. The summed E-state index contributed by atoms with van der Waals surface area (Å²) in [6, 6.07) is 19.9. The molecule has 3 aromatic rings. The molecule has 0 aliphatic heterocycles. The lowest BCUT2D eigenvalue weighted by molar-refractivity contribution is -0.138. The molecule has 0 bridgehead atoms. The van der Waals surface area contributed by atoms with Gasteiger partial charge in [0.2, 0.25) is 0 Å². The molecule has 0 atom stereocenters. The van der Waals surface area contributed by atoms with Gasteiger partial charge in [0.1, 0.15) is 0 Å². The smallest absolute Gasteiger partial charge is 0.416 e. The second kappa shape index (κ2) is 12.9. The van der Waals surface area contributed by atoms with Gasteiger partial charge in [-0.25, -0.2) is 0 Å². The van der Waals surface area contributed by atoms with Gasteiger partial charge in [0, 0.05) is 12.1 Å². The number of alkyl halides is 3. The molecular formula is C30H30F3NO3. The summed E-state index contributed by atoms with van der Waals surface area (Å²) >= 11 is 0. The van der Waals surface area contributed by atoms with Gasteiger partial charge in [0.05, 0.1) is 12.0 Å². The number of nitrogens with one attached hydrogen (secondary N) is 1. The number of aliphatic carboxylic acids is 1. The Balaban J connectivity index is 1.81. The number of unbranched alkanes of at least 4 members (excludes halogenated alkanes) is 3. The van der Waals surface area contributed by atoms with E-state index in [4.69, 9.17) is 5.11 Å². The SMILES string of the molecule is CCCCC/C=C(\c1ccc(C(=O)NCCC(=O)O)cc1)c1ccc(-c2ccc(C(F)(F)F)cc2)cc1. The summed E-state index contributed by atoms with van der Waals surface area (Å²) in [7, 11) is 0. The molecule has 7 heteroatoms. The number of benzene rings is 3. The van der Waals surface area contributed by atoms with E-state index in [0.717, 1.165) is 60.1 Å². The van der Waals surface area contributed by atoms with Crippen molar-refractivity contribution < 1.29 is 27.9 Å². The Kier molecular flexibility index (Phi) is 9.66. The van der Waals surface area contributed by atoms with Gasteiger partial charge in [0.15, 0.2) is 0 Å². The Bertz CT molecular complexity index is 1210. The van der Waals surface area contributed by atoms with Crippen LogP contribution in [0.25, 0.3) is 16.7 Å². The van der Waals surface area contributed by atoms with Crippen molar-refractivity contribution in [2.45, 2.75) is 45.2 Å². The van der Waals surface area contributed by atoms with Crippen molar-refractivity contribution in [2.24, 2.45) is 0 Å². The number of rotatable bonds is 11. The summed E-state index contributed by atoms with van der Waals surface area (Å²) in [4.78, 5) is 22.9. The number of carboxylic acids is 1. The van der Waals surface area contributed by atoms with Gasteiger partial charge in [-0.05, 0) is 64.9 Å². The van der Waals surface area contributed by atoms with Gasteiger partial charge >= 0.3 is 12.1 Å². The van der Waals surface area contributed by atoms with Crippen molar-refractivity contribution >= 4 is 17.4 Å². The molecule has 3 aromatic carbocycles. The van der Waals surface area contributed by atoms with E-state index < -0.39 is 17.7 Å². The molecule has 0 aliphatic rings. The van der Waals surface area contributed by atoms with Gasteiger partial charge in [0.25, 0.3) is 5.91 Å². The molecule has 0 radical (unpaired) electrons. The second-order valence-corrected chi connectivity index (χ2v) is 8.74. The fourth-order valence-electron chi connectivity index (χ4n) is 3.92. The minimum atomic E-state index is -4.37. The van der Waals surface area contributed by atoms with Crippen LogP contribution in [-0.4, -0.2) is 23.5 Å². The monoisotopic (exact) mass is 509 g/mol. The predicted octanol–water partition coefficient (Wildman–Crippen LogP) is 7.59. The molecule has 0 saturated carbocycles. The number of carboxylic acid groups (broad SMARTS) is 1. The number of hydrogen-bond donors (Lipinski definition) is 2. The van der Waals surface area contributed by atoms with Crippen molar-refractivity contribution in [3.63, 3.8) is 0 Å². The molecule has 2 N–H and O–H groups in total. The lowest BCUT2D eigenvalue weighted by Crippen LogP contribution is -2.25. The largest absolute Gasteiger partial charge is 0.481 e. The minimum Gasteiger partial charge on any atom is -0.481 e. The molecule has 1 amide bonds. The zero-order valence-corrected chi connectivity index (χ0v) is 20.6. The van der Waals surface area contributed by atoms with Gasteiger partial charge in [-0.2, -0.15) is 13.2 Å². The summed E-state index contributed by atoms with van der Waals surface area (Å²) in [6.07, 6.45) is 1.83. The van der Waals surface area contributed by atoms with E-state index in [2.05, 4.69) is 18.3 Å². The molecule has 4 nitrogen and oxygen atoms in total.